The number of anilines is 1. The Morgan fingerprint density at radius 3 is 2.27 bits per heavy atom. The van der Waals surface area contributed by atoms with E-state index < -0.39 is 10.0 Å². The molecule has 10 heteroatoms. The highest BCUT2D eigenvalue weighted by Crippen LogP contribution is 2.27. The number of benzene rings is 4. The molecule has 5 rings (SSSR count). The lowest BCUT2D eigenvalue weighted by atomic mass is 10.1. The lowest BCUT2D eigenvalue weighted by Crippen LogP contribution is -2.34. The Labute approximate surface area is 238 Å². The number of para-hydroxylation sites is 1. The van der Waals surface area contributed by atoms with Crippen LogP contribution in [-0.2, 0) is 16.4 Å². The number of sulfonamides is 1. The van der Waals surface area contributed by atoms with Gasteiger partial charge in [0.1, 0.15) is 5.84 Å². The summed E-state index contributed by atoms with van der Waals surface area (Å²) in [7, 11) is -4.13. The number of amidine groups is 1. The van der Waals surface area contributed by atoms with Gasteiger partial charge in [0.25, 0.3) is 15.9 Å². The van der Waals surface area contributed by atoms with E-state index in [2.05, 4.69) is 15.6 Å². The molecule has 1 heterocycles. The van der Waals surface area contributed by atoms with E-state index in [1.807, 2.05) is 24.3 Å². The first kappa shape index (κ1) is 27.2. The lowest BCUT2D eigenvalue weighted by molar-refractivity contribution is 0.0954. The average Bonchev–Trinajstić information content (AvgIpc) is 3.53. The molecule has 204 valence electrons. The van der Waals surface area contributed by atoms with Crippen molar-refractivity contribution < 1.29 is 18.0 Å². The number of nitrogens with one attached hydrogen (secondary N) is 2. The van der Waals surface area contributed by atoms with Crippen LogP contribution in [0.25, 0.3) is 0 Å². The highest BCUT2D eigenvalue weighted by molar-refractivity contribution is 7.92. The average molecular weight is 575 g/mol. The lowest BCUT2D eigenvalue weighted by Gasteiger charge is -2.24. The molecule has 1 amide bonds. The van der Waals surface area contributed by atoms with Gasteiger partial charge < -0.3 is 15.5 Å². The van der Waals surface area contributed by atoms with Crippen molar-refractivity contribution in [3.63, 3.8) is 0 Å². The monoisotopic (exact) mass is 574 g/mol. The topological polar surface area (TPSA) is 100 Å². The standard InChI is InChI=1S/C30H27ClN4O4S/c31-25-12-14-27(15-13-25)39-35(26-4-2-1-3-5-26)40(37,38)28-16-10-24(11-17-28)30(36)34-19-18-22-6-8-23(9-7-22)29-32-20-21-33-29/h1-17H,18-21H2,(H,32,33)(H,34,36). The van der Waals surface area contributed by atoms with E-state index >= 15 is 0 Å². The van der Waals surface area contributed by atoms with Crippen molar-refractivity contribution in [2.75, 3.05) is 24.1 Å². The Kier molecular flexibility index (Phi) is 8.33. The van der Waals surface area contributed by atoms with Gasteiger partial charge in [-0.25, -0.2) is 0 Å². The molecular formula is C30H27ClN4O4S. The zero-order valence-corrected chi connectivity index (χ0v) is 23.0. The molecule has 0 aromatic heterocycles. The Hall–Kier alpha value is -4.34. The number of rotatable bonds is 10. The highest BCUT2D eigenvalue weighted by Gasteiger charge is 2.28. The quantitative estimate of drug-likeness (QED) is 0.264. The maximum absolute atomic E-state index is 13.6. The largest absolute Gasteiger partial charge is 0.368 e. The number of halogens is 1. The van der Waals surface area contributed by atoms with E-state index in [0.717, 1.165) is 34.5 Å². The van der Waals surface area contributed by atoms with Gasteiger partial charge in [-0.1, -0.05) is 58.5 Å². The molecule has 2 N–H and O–H groups in total. The molecule has 1 aliphatic rings. The van der Waals surface area contributed by atoms with Gasteiger partial charge in [-0.2, -0.15) is 8.42 Å². The fraction of sp³-hybridized carbons (Fsp3) is 0.133. The van der Waals surface area contributed by atoms with Crippen LogP contribution in [-0.4, -0.2) is 39.8 Å². The summed E-state index contributed by atoms with van der Waals surface area (Å²) in [5.41, 5.74) is 2.81. The fourth-order valence-corrected chi connectivity index (χ4v) is 5.48. The van der Waals surface area contributed by atoms with E-state index in [9.17, 15) is 13.2 Å². The van der Waals surface area contributed by atoms with Crippen LogP contribution >= 0.6 is 11.6 Å². The number of nitrogens with zero attached hydrogens (tertiary/aromatic N) is 2. The van der Waals surface area contributed by atoms with Crippen LogP contribution in [0, 0.1) is 0 Å². The number of amides is 1. The molecule has 0 radical (unpaired) electrons. The highest BCUT2D eigenvalue weighted by atomic mass is 35.5. The van der Waals surface area contributed by atoms with Crippen molar-refractivity contribution in [1.29, 1.82) is 0 Å². The molecule has 0 bridgehead atoms. The smallest absolute Gasteiger partial charge is 0.295 e. The van der Waals surface area contributed by atoms with Gasteiger partial charge in [-0.05, 0) is 72.6 Å². The molecule has 40 heavy (non-hydrogen) atoms. The summed E-state index contributed by atoms with van der Waals surface area (Å²) in [5.74, 6) is 0.919. The SMILES string of the molecule is O=C(NCCc1ccc(C2=NCCN2)cc1)c1ccc(S(=O)(=O)N(Oc2ccc(Cl)cc2)c2ccccc2)cc1. The third-order valence-corrected chi connectivity index (χ3v) is 8.04. The zero-order chi connectivity index (χ0) is 28.0. The molecule has 0 aliphatic carbocycles. The third kappa shape index (κ3) is 6.44. The van der Waals surface area contributed by atoms with E-state index in [4.69, 9.17) is 16.4 Å². The van der Waals surface area contributed by atoms with Crippen LogP contribution in [0.2, 0.25) is 5.02 Å². The van der Waals surface area contributed by atoms with Gasteiger partial charge in [-0.3, -0.25) is 9.79 Å². The third-order valence-electron chi connectivity index (χ3n) is 6.20. The molecule has 0 saturated heterocycles. The number of carbonyl (C=O) groups is 1. The second-order valence-corrected chi connectivity index (χ2v) is 11.2. The molecule has 0 unspecified atom stereocenters. The Morgan fingerprint density at radius 2 is 1.62 bits per heavy atom. The van der Waals surface area contributed by atoms with Gasteiger partial charge in [0.2, 0.25) is 0 Å². The van der Waals surface area contributed by atoms with Gasteiger partial charge >= 0.3 is 0 Å². The summed E-state index contributed by atoms with van der Waals surface area (Å²) in [5, 5.41) is 6.64. The van der Waals surface area contributed by atoms with Gasteiger partial charge in [0.15, 0.2) is 5.75 Å². The predicted octanol–water partition coefficient (Wildman–Crippen LogP) is 4.85. The minimum Gasteiger partial charge on any atom is -0.368 e. The zero-order valence-electron chi connectivity index (χ0n) is 21.5. The number of carbonyl (C=O) groups excluding carboxylic acids is 1. The summed E-state index contributed by atoms with van der Waals surface area (Å²) in [6.07, 6.45) is 0.659. The number of hydrogen-bond donors (Lipinski definition) is 2. The van der Waals surface area contributed by atoms with Crippen molar-refractivity contribution in [3.05, 3.63) is 125 Å². The molecule has 4 aromatic carbocycles. The number of hydrogen-bond acceptors (Lipinski definition) is 6. The van der Waals surface area contributed by atoms with Crippen molar-refractivity contribution in [2.24, 2.45) is 4.99 Å². The van der Waals surface area contributed by atoms with Crippen LogP contribution in [0.1, 0.15) is 21.5 Å². The Balaban J connectivity index is 1.24. The van der Waals surface area contributed by atoms with Crippen LogP contribution in [0.4, 0.5) is 5.69 Å². The van der Waals surface area contributed by atoms with E-state index in [1.165, 1.54) is 24.3 Å². The Bertz CT molecular complexity index is 1590. The second-order valence-electron chi connectivity index (χ2n) is 9.00. The molecule has 1 aliphatic heterocycles. The minimum absolute atomic E-state index is 0.0247. The molecule has 0 saturated carbocycles. The summed E-state index contributed by atoms with van der Waals surface area (Å²) in [6, 6.07) is 28.7. The van der Waals surface area contributed by atoms with Gasteiger partial charge in [-0.15, -0.1) is 0 Å². The molecule has 8 nitrogen and oxygen atoms in total. The first-order valence-electron chi connectivity index (χ1n) is 12.7. The summed E-state index contributed by atoms with van der Waals surface area (Å²) >= 11 is 5.96. The minimum atomic E-state index is -4.13. The van der Waals surface area contributed by atoms with Crippen molar-refractivity contribution in [1.82, 2.24) is 10.6 Å². The van der Waals surface area contributed by atoms with Crippen LogP contribution in [0.15, 0.2) is 113 Å². The number of aliphatic imine (C=N–C) groups is 1. The van der Waals surface area contributed by atoms with Gasteiger partial charge in [0.05, 0.1) is 17.1 Å². The summed E-state index contributed by atoms with van der Waals surface area (Å²) in [6.45, 7) is 2.09. The molecule has 0 fully saturated rings. The maximum atomic E-state index is 13.6. The normalized spacial score (nSPS) is 12.8. The van der Waals surface area contributed by atoms with Crippen molar-refractivity contribution in [2.45, 2.75) is 11.3 Å². The van der Waals surface area contributed by atoms with Crippen LogP contribution in [0.5, 0.6) is 5.75 Å². The maximum Gasteiger partial charge on any atom is 0.295 e. The van der Waals surface area contributed by atoms with E-state index in [-0.39, 0.29) is 10.8 Å². The molecular weight excluding hydrogens is 548 g/mol. The summed E-state index contributed by atoms with van der Waals surface area (Å²) in [4.78, 5) is 22.9. The van der Waals surface area contributed by atoms with E-state index in [1.54, 1.807) is 54.6 Å². The summed E-state index contributed by atoms with van der Waals surface area (Å²) < 4.78 is 28.0. The van der Waals surface area contributed by atoms with E-state index in [0.29, 0.717) is 35.0 Å². The molecule has 0 atom stereocenters. The van der Waals surface area contributed by atoms with Crippen molar-refractivity contribution in [3.8, 4) is 5.75 Å². The first-order chi connectivity index (χ1) is 19.4. The fourth-order valence-electron chi connectivity index (χ4n) is 4.10. The van der Waals surface area contributed by atoms with Crippen molar-refractivity contribution >= 4 is 39.1 Å². The first-order valence-corrected chi connectivity index (χ1v) is 14.5. The van der Waals surface area contributed by atoms with Gasteiger partial charge in [0, 0.05) is 29.2 Å². The Morgan fingerprint density at radius 1 is 0.925 bits per heavy atom. The molecule has 0 spiro atoms. The van der Waals surface area contributed by atoms with Crippen LogP contribution < -0.4 is 19.9 Å². The predicted molar refractivity (Wildman–Crippen MR) is 157 cm³/mol. The van der Waals surface area contributed by atoms with Crippen LogP contribution in [0.3, 0.4) is 0 Å². The molecule has 4 aromatic rings. The second kappa shape index (κ2) is 12.2.